The van der Waals surface area contributed by atoms with Crippen LogP contribution in [-0.4, -0.2) is 0 Å². The van der Waals surface area contributed by atoms with Gasteiger partial charge in [-0.3, -0.25) is 0 Å². The first-order valence-electron chi connectivity index (χ1n) is 5.25. The van der Waals surface area contributed by atoms with Gasteiger partial charge in [0.05, 0.1) is 0 Å². The highest BCUT2D eigenvalue weighted by Gasteiger charge is 1.90. The zero-order valence-electron chi connectivity index (χ0n) is 8.68. The zero-order chi connectivity index (χ0) is 9.23. The predicted octanol–water partition coefficient (Wildman–Crippen LogP) is 4.37. The van der Waals surface area contributed by atoms with E-state index in [1.165, 1.54) is 38.5 Å². The van der Waals surface area contributed by atoms with Crippen LogP contribution in [0.1, 0.15) is 52.4 Å². The number of hydrogen-bond donors (Lipinski definition) is 0. The lowest BCUT2D eigenvalue weighted by Gasteiger charge is -2.00. The first-order chi connectivity index (χ1) is 5.77. The van der Waals surface area contributed by atoms with Crippen LogP contribution in [0.25, 0.3) is 0 Å². The van der Waals surface area contributed by atoms with Gasteiger partial charge < -0.3 is 0 Å². The molecular weight excluding hydrogens is 144 g/mol. The molecule has 71 valence electrons. The topological polar surface area (TPSA) is 0 Å². The van der Waals surface area contributed by atoms with Gasteiger partial charge in [-0.2, -0.15) is 0 Å². The SMILES string of the molecule is [CH2]C(C)CCCC=CCCCC. The van der Waals surface area contributed by atoms with Gasteiger partial charge >= 0.3 is 0 Å². The van der Waals surface area contributed by atoms with Gasteiger partial charge in [-0.05, 0) is 25.2 Å². The van der Waals surface area contributed by atoms with Gasteiger partial charge in [0, 0.05) is 0 Å². The Labute approximate surface area is 78.1 Å². The molecule has 0 aliphatic heterocycles. The van der Waals surface area contributed by atoms with Crippen LogP contribution in [0.2, 0.25) is 0 Å². The number of allylic oxidation sites excluding steroid dienone is 2. The van der Waals surface area contributed by atoms with Crippen LogP contribution in [0, 0.1) is 12.8 Å². The van der Waals surface area contributed by atoms with Crippen molar-refractivity contribution in [2.45, 2.75) is 52.4 Å². The molecule has 0 nitrogen and oxygen atoms in total. The van der Waals surface area contributed by atoms with E-state index in [9.17, 15) is 0 Å². The average molecular weight is 167 g/mol. The first-order valence-corrected chi connectivity index (χ1v) is 5.25. The monoisotopic (exact) mass is 167 g/mol. The number of hydrogen-bond acceptors (Lipinski definition) is 0. The van der Waals surface area contributed by atoms with E-state index in [1.54, 1.807) is 0 Å². The van der Waals surface area contributed by atoms with Crippen molar-refractivity contribution in [3.8, 4) is 0 Å². The van der Waals surface area contributed by atoms with E-state index in [4.69, 9.17) is 0 Å². The Balaban J connectivity index is 3.03. The summed E-state index contributed by atoms with van der Waals surface area (Å²) in [7, 11) is 0. The molecule has 0 spiro atoms. The van der Waals surface area contributed by atoms with Crippen molar-refractivity contribution in [2.24, 2.45) is 5.92 Å². The highest BCUT2D eigenvalue weighted by molar-refractivity contribution is 4.81. The third kappa shape index (κ3) is 9.74. The predicted molar refractivity (Wildman–Crippen MR) is 57.0 cm³/mol. The van der Waals surface area contributed by atoms with Gasteiger partial charge in [0.25, 0.3) is 0 Å². The molecule has 0 amide bonds. The van der Waals surface area contributed by atoms with Gasteiger partial charge in [0.1, 0.15) is 0 Å². The quantitative estimate of drug-likeness (QED) is 0.390. The lowest BCUT2D eigenvalue weighted by Crippen LogP contribution is -1.85. The largest absolute Gasteiger partial charge is 0.0885 e. The molecule has 0 fully saturated rings. The van der Waals surface area contributed by atoms with Gasteiger partial charge in [0.2, 0.25) is 0 Å². The molecule has 0 aliphatic carbocycles. The van der Waals surface area contributed by atoms with Crippen molar-refractivity contribution >= 4 is 0 Å². The molecule has 0 bridgehead atoms. The maximum absolute atomic E-state index is 3.96. The molecule has 1 radical (unpaired) electrons. The van der Waals surface area contributed by atoms with Crippen molar-refractivity contribution in [3.63, 3.8) is 0 Å². The Kier molecular flexibility index (Phi) is 8.64. The molecule has 0 heterocycles. The van der Waals surface area contributed by atoms with Crippen molar-refractivity contribution < 1.29 is 0 Å². The van der Waals surface area contributed by atoms with Crippen LogP contribution in [0.5, 0.6) is 0 Å². The second kappa shape index (κ2) is 8.83. The molecule has 0 saturated heterocycles. The summed E-state index contributed by atoms with van der Waals surface area (Å²) in [6, 6.07) is 0. The van der Waals surface area contributed by atoms with Crippen LogP contribution in [-0.2, 0) is 0 Å². The maximum Gasteiger partial charge on any atom is -0.0351 e. The maximum atomic E-state index is 3.96. The molecule has 1 unspecified atom stereocenters. The van der Waals surface area contributed by atoms with E-state index in [0.717, 1.165) is 0 Å². The molecule has 0 aliphatic rings. The molecule has 0 aromatic rings. The molecule has 0 heteroatoms. The van der Waals surface area contributed by atoms with E-state index >= 15 is 0 Å². The number of rotatable bonds is 7. The van der Waals surface area contributed by atoms with E-state index in [1.807, 2.05) is 0 Å². The molecular formula is C12H23. The first kappa shape index (κ1) is 11.7. The molecule has 12 heavy (non-hydrogen) atoms. The minimum Gasteiger partial charge on any atom is -0.0885 e. The van der Waals surface area contributed by atoms with Crippen LogP contribution in [0.3, 0.4) is 0 Å². The molecule has 0 saturated carbocycles. The smallest absolute Gasteiger partial charge is 0.0351 e. The highest BCUT2D eigenvalue weighted by atomic mass is 14.0. The summed E-state index contributed by atoms with van der Waals surface area (Å²) in [4.78, 5) is 0. The molecule has 0 N–H and O–H groups in total. The van der Waals surface area contributed by atoms with Crippen LogP contribution >= 0.6 is 0 Å². The Bertz CT molecular complexity index is 101. The Morgan fingerprint density at radius 3 is 2.25 bits per heavy atom. The minimum atomic E-state index is 0.619. The zero-order valence-corrected chi connectivity index (χ0v) is 8.68. The molecule has 0 aromatic heterocycles. The summed E-state index contributed by atoms with van der Waals surface area (Å²) in [6.07, 6.45) is 12.3. The highest BCUT2D eigenvalue weighted by Crippen LogP contribution is 2.06. The van der Waals surface area contributed by atoms with E-state index in [2.05, 4.69) is 32.9 Å². The van der Waals surface area contributed by atoms with Crippen molar-refractivity contribution in [3.05, 3.63) is 19.1 Å². The lowest BCUT2D eigenvalue weighted by molar-refractivity contribution is 0.608. The third-order valence-corrected chi connectivity index (χ3v) is 1.96. The fourth-order valence-electron chi connectivity index (χ4n) is 1.14. The summed E-state index contributed by atoms with van der Waals surface area (Å²) in [5.41, 5.74) is 0. The van der Waals surface area contributed by atoms with Gasteiger partial charge in [-0.15, -0.1) is 0 Å². The van der Waals surface area contributed by atoms with Crippen molar-refractivity contribution in [1.29, 1.82) is 0 Å². The van der Waals surface area contributed by atoms with Gasteiger partial charge in [-0.25, -0.2) is 0 Å². The minimum absolute atomic E-state index is 0.619. The summed E-state index contributed by atoms with van der Waals surface area (Å²) >= 11 is 0. The van der Waals surface area contributed by atoms with Gasteiger partial charge in [-0.1, -0.05) is 52.2 Å². The average Bonchev–Trinajstić information content (AvgIpc) is 2.02. The van der Waals surface area contributed by atoms with E-state index in [-0.39, 0.29) is 0 Å². The summed E-state index contributed by atoms with van der Waals surface area (Å²) in [5.74, 6) is 0.619. The van der Waals surface area contributed by atoms with E-state index in [0.29, 0.717) is 5.92 Å². The fourth-order valence-corrected chi connectivity index (χ4v) is 1.14. The standard InChI is InChI=1S/C12H23/c1-4-5-6-7-8-9-10-11-12(2)3/h7-8,12H,2,4-6,9-11H2,1,3H3. The normalized spacial score (nSPS) is 11.7. The fraction of sp³-hybridized carbons (Fsp3) is 0.750. The number of unbranched alkanes of at least 4 members (excludes halogenated alkanes) is 3. The molecule has 0 rings (SSSR count). The van der Waals surface area contributed by atoms with E-state index < -0.39 is 0 Å². The third-order valence-electron chi connectivity index (χ3n) is 1.96. The molecule has 0 aromatic carbocycles. The summed E-state index contributed by atoms with van der Waals surface area (Å²) in [5, 5.41) is 0. The second-order valence-corrected chi connectivity index (χ2v) is 3.65. The summed E-state index contributed by atoms with van der Waals surface area (Å²) < 4.78 is 0. The Morgan fingerprint density at radius 1 is 1.17 bits per heavy atom. The summed E-state index contributed by atoms with van der Waals surface area (Å²) in [6.45, 7) is 8.38. The Morgan fingerprint density at radius 2 is 1.75 bits per heavy atom. The van der Waals surface area contributed by atoms with Crippen LogP contribution < -0.4 is 0 Å². The Hall–Kier alpha value is -0.260. The second-order valence-electron chi connectivity index (χ2n) is 3.65. The van der Waals surface area contributed by atoms with Crippen molar-refractivity contribution in [1.82, 2.24) is 0 Å². The van der Waals surface area contributed by atoms with Crippen LogP contribution in [0.15, 0.2) is 12.2 Å². The van der Waals surface area contributed by atoms with Crippen molar-refractivity contribution in [2.75, 3.05) is 0 Å². The lowest BCUT2D eigenvalue weighted by atomic mass is 10.1. The molecule has 1 atom stereocenters. The van der Waals surface area contributed by atoms with Gasteiger partial charge in [0.15, 0.2) is 0 Å². The van der Waals surface area contributed by atoms with Crippen LogP contribution in [0.4, 0.5) is 0 Å².